The molecule has 0 saturated carbocycles. The molecule has 1 amide bonds. The molecule has 4 nitrogen and oxygen atoms in total. The van der Waals surface area contributed by atoms with Crippen molar-refractivity contribution in [2.75, 3.05) is 26.2 Å². The number of amides is 1. The first-order valence-electron chi connectivity index (χ1n) is 9.79. The van der Waals surface area contributed by atoms with Crippen LogP contribution in [0.1, 0.15) is 43.2 Å². The van der Waals surface area contributed by atoms with Crippen LogP contribution in [0.15, 0.2) is 24.3 Å². The highest BCUT2D eigenvalue weighted by atomic mass is 35.5. The maximum atomic E-state index is 12.8. The van der Waals surface area contributed by atoms with E-state index in [1.807, 2.05) is 0 Å². The van der Waals surface area contributed by atoms with Crippen molar-refractivity contribution in [1.82, 2.24) is 15.5 Å². The highest BCUT2D eigenvalue weighted by molar-refractivity contribution is 5.85. The molecule has 9 heteroatoms. The summed E-state index contributed by atoms with van der Waals surface area (Å²) in [6.07, 6.45) is 0.0540. The van der Waals surface area contributed by atoms with Gasteiger partial charge in [0, 0.05) is 32.1 Å². The van der Waals surface area contributed by atoms with Crippen LogP contribution in [0.3, 0.4) is 0 Å². The summed E-state index contributed by atoms with van der Waals surface area (Å²) in [5.74, 6) is 0.739. The van der Waals surface area contributed by atoms with E-state index in [9.17, 15) is 18.0 Å². The molecule has 0 aliphatic carbocycles. The molecule has 1 unspecified atom stereocenters. The average Bonchev–Trinajstić information content (AvgIpc) is 3.15. The molecule has 1 atom stereocenters. The number of nitrogens with one attached hydrogen (secondary N) is 2. The summed E-state index contributed by atoms with van der Waals surface area (Å²) in [7, 11) is 0. The van der Waals surface area contributed by atoms with E-state index in [1.54, 1.807) is 6.07 Å². The van der Waals surface area contributed by atoms with Gasteiger partial charge in [0.2, 0.25) is 5.91 Å². The lowest BCUT2D eigenvalue weighted by Gasteiger charge is -2.32. The van der Waals surface area contributed by atoms with E-state index in [0.29, 0.717) is 24.4 Å². The molecule has 0 aromatic heterocycles. The van der Waals surface area contributed by atoms with Crippen LogP contribution < -0.4 is 10.6 Å². The summed E-state index contributed by atoms with van der Waals surface area (Å²) < 4.78 is 38.5. The first-order chi connectivity index (χ1) is 12.9. The van der Waals surface area contributed by atoms with Gasteiger partial charge in [0.1, 0.15) is 0 Å². The fourth-order valence-corrected chi connectivity index (χ4v) is 3.94. The SMILES string of the molecule is Cl.Cl.O=C(CCC1CCNC1)NC1CCN(Cc2cccc(C(F)(F)F)c2)CC1. The molecule has 0 bridgehead atoms. The van der Waals surface area contributed by atoms with Crippen molar-refractivity contribution < 1.29 is 18.0 Å². The zero-order valence-corrected chi connectivity index (χ0v) is 18.0. The summed E-state index contributed by atoms with van der Waals surface area (Å²) in [5.41, 5.74) is 0.0806. The van der Waals surface area contributed by atoms with Gasteiger partial charge in [0.25, 0.3) is 0 Å². The van der Waals surface area contributed by atoms with Crippen molar-refractivity contribution >= 4 is 30.7 Å². The Hall–Kier alpha value is -1.02. The Morgan fingerprint density at radius 2 is 1.90 bits per heavy atom. The molecular formula is C20H30Cl2F3N3O. The summed E-state index contributed by atoms with van der Waals surface area (Å²) in [5, 5.41) is 6.44. The highest BCUT2D eigenvalue weighted by Crippen LogP contribution is 2.30. The standard InChI is InChI=1S/C20H28F3N3O.2ClH/c21-20(22,23)17-3-1-2-16(12-17)14-26-10-7-18(8-11-26)25-19(27)5-4-15-6-9-24-13-15;;/h1-3,12,15,18,24H,4-11,13-14H2,(H,25,27);2*1H. The number of nitrogens with zero attached hydrogens (tertiary/aromatic N) is 1. The number of hydrogen-bond acceptors (Lipinski definition) is 3. The fourth-order valence-electron chi connectivity index (χ4n) is 3.94. The topological polar surface area (TPSA) is 44.4 Å². The molecule has 2 heterocycles. The van der Waals surface area contributed by atoms with E-state index < -0.39 is 11.7 Å². The second-order valence-corrected chi connectivity index (χ2v) is 7.71. The third kappa shape index (κ3) is 8.32. The van der Waals surface area contributed by atoms with Crippen LogP contribution in [0.4, 0.5) is 13.2 Å². The molecule has 1 aromatic rings. The van der Waals surface area contributed by atoms with Crippen LogP contribution in [0.5, 0.6) is 0 Å². The van der Waals surface area contributed by atoms with Gasteiger partial charge in [-0.2, -0.15) is 13.2 Å². The molecule has 0 spiro atoms. The summed E-state index contributed by atoms with van der Waals surface area (Å²) in [6.45, 7) is 4.15. The Kier molecular flexibility index (Phi) is 10.8. The van der Waals surface area contributed by atoms with Crippen LogP contribution in [0.2, 0.25) is 0 Å². The quantitative estimate of drug-likeness (QED) is 0.680. The molecule has 2 aliphatic heterocycles. The zero-order valence-electron chi connectivity index (χ0n) is 16.3. The Bertz CT molecular complexity index is 632. The second kappa shape index (κ2) is 12.0. The summed E-state index contributed by atoms with van der Waals surface area (Å²) in [6, 6.07) is 5.71. The van der Waals surface area contributed by atoms with E-state index >= 15 is 0 Å². The minimum absolute atomic E-state index is 0. The predicted octanol–water partition coefficient (Wildman–Crippen LogP) is 4.02. The van der Waals surface area contributed by atoms with Crippen LogP contribution in [-0.4, -0.2) is 43.0 Å². The number of piperidine rings is 1. The first kappa shape index (κ1) is 26.0. The van der Waals surface area contributed by atoms with Crippen LogP contribution in [0, 0.1) is 5.92 Å². The van der Waals surface area contributed by atoms with E-state index in [1.165, 1.54) is 12.1 Å². The lowest BCUT2D eigenvalue weighted by molar-refractivity contribution is -0.137. The molecule has 3 rings (SSSR count). The molecule has 1 aromatic carbocycles. The van der Waals surface area contributed by atoms with E-state index in [2.05, 4.69) is 15.5 Å². The van der Waals surface area contributed by atoms with E-state index in [-0.39, 0.29) is 36.8 Å². The normalized spacial score (nSPS) is 20.6. The maximum absolute atomic E-state index is 12.8. The van der Waals surface area contributed by atoms with E-state index in [0.717, 1.165) is 57.9 Å². The van der Waals surface area contributed by atoms with Gasteiger partial charge in [0.15, 0.2) is 0 Å². The maximum Gasteiger partial charge on any atom is 0.416 e. The largest absolute Gasteiger partial charge is 0.416 e. The first-order valence-corrected chi connectivity index (χ1v) is 9.79. The Labute approximate surface area is 182 Å². The minimum Gasteiger partial charge on any atom is -0.353 e. The van der Waals surface area contributed by atoms with Crippen LogP contribution in [0.25, 0.3) is 0 Å². The molecule has 2 N–H and O–H groups in total. The Morgan fingerprint density at radius 3 is 2.52 bits per heavy atom. The van der Waals surface area contributed by atoms with Crippen molar-refractivity contribution in [1.29, 1.82) is 0 Å². The average molecular weight is 456 g/mol. The van der Waals surface area contributed by atoms with Crippen molar-refractivity contribution in [3.05, 3.63) is 35.4 Å². The molecule has 29 heavy (non-hydrogen) atoms. The number of hydrogen-bond donors (Lipinski definition) is 2. The Balaban J connectivity index is 0.00000210. The number of carbonyl (C=O) groups excluding carboxylic acids is 1. The molecule has 166 valence electrons. The summed E-state index contributed by atoms with van der Waals surface area (Å²) >= 11 is 0. The summed E-state index contributed by atoms with van der Waals surface area (Å²) in [4.78, 5) is 14.3. The smallest absolute Gasteiger partial charge is 0.353 e. The Morgan fingerprint density at radius 1 is 1.17 bits per heavy atom. The third-order valence-electron chi connectivity index (χ3n) is 5.56. The lowest BCUT2D eigenvalue weighted by Crippen LogP contribution is -2.44. The molecule has 0 radical (unpaired) electrons. The minimum atomic E-state index is -4.30. The van der Waals surface area contributed by atoms with Crippen molar-refractivity contribution in [3.8, 4) is 0 Å². The van der Waals surface area contributed by atoms with Crippen molar-refractivity contribution in [2.45, 2.75) is 50.9 Å². The molecular weight excluding hydrogens is 426 g/mol. The number of likely N-dealkylation sites (tertiary alicyclic amines) is 1. The van der Waals surface area contributed by atoms with Crippen molar-refractivity contribution in [3.63, 3.8) is 0 Å². The number of rotatable bonds is 6. The van der Waals surface area contributed by atoms with Gasteiger partial charge in [0.05, 0.1) is 5.56 Å². The highest BCUT2D eigenvalue weighted by Gasteiger charge is 2.30. The van der Waals surface area contributed by atoms with E-state index in [4.69, 9.17) is 0 Å². The zero-order chi connectivity index (χ0) is 19.3. The number of benzene rings is 1. The number of halogens is 5. The van der Waals surface area contributed by atoms with Gasteiger partial charge in [-0.3, -0.25) is 9.69 Å². The fraction of sp³-hybridized carbons (Fsp3) is 0.650. The lowest BCUT2D eigenvalue weighted by atomic mass is 10.0. The number of carbonyl (C=O) groups is 1. The predicted molar refractivity (Wildman–Crippen MR) is 113 cm³/mol. The van der Waals surface area contributed by atoms with Gasteiger partial charge in [-0.05, 0) is 56.3 Å². The third-order valence-corrected chi connectivity index (χ3v) is 5.56. The van der Waals surface area contributed by atoms with Crippen LogP contribution in [-0.2, 0) is 17.5 Å². The van der Waals surface area contributed by atoms with Gasteiger partial charge in [-0.25, -0.2) is 0 Å². The number of alkyl halides is 3. The van der Waals surface area contributed by atoms with Gasteiger partial charge in [-0.15, -0.1) is 24.8 Å². The van der Waals surface area contributed by atoms with Gasteiger partial charge in [-0.1, -0.05) is 18.2 Å². The monoisotopic (exact) mass is 455 g/mol. The molecule has 2 aliphatic rings. The van der Waals surface area contributed by atoms with Crippen LogP contribution >= 0.6 is 24.8 Å². The molecule has 2 fully saturated rings. The van der Waals surface area contributed by atoms with Gasteiger partial charge < -0.3 is 10.6 Å². The second-order valence-electron chi connectivity index (χ2n) is 7.71. The molecule has 2 saturated heterocycles. The van der Waals surface area contributed by atoms with Gasteiger partial charge >= 0.3 is 6.18 Å². The van der Waals surface area contributed by atoms with Crippen molar-refractivity contribution in [2.24, 2.45) is 5.92 Å².